The van der Waals surface area contributed by atoms with Gasteiger partial charge in [0.15, 0.2) is 11.5 Å². The lowest BCUT2D eigenvalue weighted by Gasteiger charge is -2.08. The van der Waals surface area contributed by atoms with Gasteiger partial charge in [-0.2, -0.15) is 5.26 Å². The number of nitrogens with one attached hydrogen (secondary N) is 1. The lowest BCUT2D eigenvalue weighted by atomic mass is 10.1. The number of anilines is 1. The molecule has 9 heteroatoms. The maximum Gasteiger partial charge on any atom is 0.271 e. The molecule has 0 radical (unpaired) electrons. The third kappa shape index (κ3) is 4.58. The molecule has 1 N–H and O–H groups in total. The molecule has 138 valence electrons. The van der Waals surface area contributed by atoms with E-state index in [4.69, 9.17) is 9.47 Å². The minimum Gasteiger partial charge on any atom is -0.493 e. The number of carbonyl (C=O) groups excluding carboxylic acids is 1. The van der Waals surface area contributed by atoms with Crippen molar-refractivity contribution in [3.63, 3.8) is 0 Å². The largest absolute Gasteiger partial charge is 0.493 e. The number of ether oxygens (including phenoxy) is 2. The summed E-state index contributed by atoms with van der Waals surface area (Å²) < 4.78 is 24.1. The van der Waals surface area contributed by atoms with Crippen molar-refractivity contribution in [2.45, 2.75) is 0 Å². The van der Waals surface area contributed by atoms with Crippen LogP contribution in [0, 0.1) is 27.3 Å². The molecule has 1 amide bonds. The molecule has 2 rings (SSSR count). The monoisotopic (exact) mass is 371 g/mol. The van der Waals surface area contributed by atoms with Gasteiger partial charge in [0.25, 0.3) is 11.6 Å². The molecule has 0 aliphatic rings. The van der Waals surface area contributed by atoms with E-state index in [0.29, 0.717) is 17.1 Å². The van der Waals surface area contributed by atoms with E-state index in [1.807, 2.05) is 0 Å². The Morgan fingerprint density at radius 1 is 1.22 bits per heavy atom. The van der Waals surface area contributed by atoms with Gasteiger partial charge >= 0.3 is 0 Å². The molecular formula is C18H14FN3O5. The van der Waals surface area contributed by atoms with E-state index >= 15 is 0 Å². The lowest BCUT2D eigenvalue weighted by molar-refractivity contribution is -0.384. The van der Waals surface area contributed by atoms with Crippen molar-refractivity contribution in [3.8, 4) is 17.6 Å². The normalized spacial score (nSPS) is 10.7. The predicted molar refractivity (Wildman–Crippen MR) is 94.8 cm³/mol. The van der Waals surface area contributed by atoms with Crippen molar-refractivity contribution in [3.05, 3.63) is 63.5 Å². The molecule has 0 aliphatic heterocycles. The summed E-state index contributed by atoms with van der Waals surface area (Å²) in [5, 5.41) is 22.2. The van der Waals surface area contributed by atoms with E-state index in [0.717, 1.165) is 18.2 Å². The van der Waals surface area contributed by atoms with Crippen molar-refractivity contribution in [2.75, 3.05) is 19.5 Å². The number of halogens is 1. The van der Waals surface area contributed by atoms with E-state index in [-0.39, 0.29) is 5.57 Å². The molecule has 2 aromatic carbocycles. The number of benzene rings is 2. The van der Waals surface area contributed by atoms with Crippen LogP contribution in [0.15, 0.2) is 42.0 Å². The number of methoxy groups -OCH3 is 2. The zero-order chi connectivity index (χ0) is 20.0. The van der Waals surface area contributed by atoms with Gasteiger partial charge in [-0.25, -0.2) is 4.39 Å². The molecule has 0 spiro atoms. The van der Waals surface area contributed by atoms with Crippen LogP contribution in [0.25, 0.3) is 6.08 Å². The molecule has 27 heavy (non-hydrogen) atoms. The Morgan fingerprint density at radius 3 is 2.52 bits per heavy atom. The van der Waals surface area contributed by atoms with Crippen LogP contribution in [0.3, 0.4) is 0 Å². The zero-order valence-corrected chi connectivity index (χ0v) is 14.4. The number of amides is 1. The van der Waals surface area contributed by atoms with Crippen LogP contribution >= 0.6 is 0 Å². The number of carbonyl (C=O) groups is 1. The van der Waals surface area contributed by atoms with Gasteiger partial charge in [-0.1, -0.05) is 6.07 Å². The first-order chi connectivity index (χ1) is 12.9. The molecule has 0 fully saturated rings. The molecule has 0 aliphatic carbocycles. The summed E-state index contributed by atoms with van der Waals surface area (Å²) in [6.07, 6.45) is 1.27. The molecule has 0 aromatic heterocycles. The Bertz CT molecular complexity index is 966. The zero-order valence-electron chi connectivity index (χ0n) is 14.4. The first-order valence-corrected chi connectivity index (χ1v) is 7.48. The SMILES string of the molecule is COc1ccc(/C=C(\C#N)C(=O)Nc2cc([N+](=O)[O-])ccc2F)cc1OC. The number of hydrogen-bond donors (Lipinski definition) is 1. The second-order valence-electron chi connectivity index (χ2n) is 5.16. The number of hydrogen-bond acceptors (Lipinski definition) is 6. The van der Waals surface area contributed by atoms with E-state index < -0.39 is 28.0 Å². The summed E-state index contributed by atoms with van der Waals surface area (Å²) in [4.78, 5) is 22.3. The van der Waals surface area contributed by atoms with Crippen LogP contribution in [0.2, 0.25) is 0 Å². The van der Waals surface area contributed by atoms with Crippen molar-refractivity contribution in [1.82, 2.24) is 0 Å². The molecule has 8 nitrogen and oxygen atoms in total. The Kier molecular flexibility index (Phi) is 6.06. The summed E-state index contributed by atoms with van der Waals surface area (Å²) in [5.74, 6) is -0.908. The molecule has 0 heterocycles. The minimum absolute atomic E-state index is 0.326. The van der Waals surface area contributed by atoms with Crippen LogP contribution in [0.4, 0.5) is 15.8 Å². The maximum absolute atomic E-state index is 13.8. The standard InChI is InChI=1S/C18H14FN3O5/c1-26-16-6-3-11(8-17(16)27-2)7-12(10-20)18(23)21-15-9-13(22(24)25)4-5-14(15)19/h3-9H,1-2H3,(H,21,23)/b12-7+. The van der Waals surface area contributed by atoms with Crippen LogP contribution in [-0.4, -0.2) is 25.1 Å². The van der Waals surface area contributed by atoms with E-state index in [1.165, 1.54) is 20.3 Å². The Hall–Kier alpha value is -3.93. The minimum atomic E-state index is -0.910. The van der Waals surface area contributed by atoms with Gasteiger partial charge < -0.3 is 14.8 Å². The van der Waals surface area contributed by atoms with Crippen LogP contribution < -0.4 is 14.8 Å². The van der Waals surface area contributed by atoms with Crippen LogP contribution in [-0.2, 0) is 4.79 Å². The lowest BCUT2D eigenvalue weighted by Crippen LogP contribution is -2.14. The fourth-order valence-corrected chi connectivity index (χ4v) is 2.17. The number of nitro benzene ring substituents is 1. The first kappa shape index (κ1) is 19.4. The fraction of sp³-hybridized carbons (Fsp3) is 0.111. The van der Waals surface area contributed by atoms with Gasteiger partial charge in [0.1, 0.15) is 17.5 Å². The quantitative estimate of drug-likeness (QED) is 0.361. The second kappa shape index (κ2) is 8.44. The highest BCUT2D eigenvalue weighted by Crippen LogP contribution is 2.28. The average molecular weight is 371 g/mol. The van der Waals surface area contributed by atoms with Crippen LogP contribution in [0.1, 0.15) is 5.56 Å². The summed E-state index contributed by atoms with van der Waals surface area (Å²) in [7, 11) is 2.91. The smallest absolute Gasteiger partial charge is 0.271 e. The highest BCUT2D eigenvalue weighted by molar-refractivity contribution is 6.09. The summed E-state index contributed by atoms with van der Waals surface area (Å²) in [5.41, 5.74) is -0.649. The number of rotatable bonds is 6. The van der Waals surface area contributed by atoms with Crippen LogP contribution in [0.5, 0.6) is 11.5 Å². The van der Waals surface area contributed by atoms with Crippen molar-refractivity contribution >= 4 is 23.4 Å². The Labute approximate surface area is 153 Å². The van der Waals surface area contributed by atoms with E-state index in [1.54, 1.807) is 24.3 Å². The first-order valence-electron chi connectivity index (χ1n) is 7.48. The Morgan fingerprint density at radius 2 is 1.93 bits per heavy atom. The highest BCUT2D eigenvalue weighted by atomic mass is 19.1. The van der Waals surface area contributed by atoms with Gasteiger partial charge in [0.2, 0.25) is 0 Å². The van der Waals surface area contributed by atoms with Gasteiger partial charge in [0.05, 0.1) is 24.8 Å². The topological polar surface area (TPSA) is 114 Å². The van der Waals surface area contributed by atoms with Crippen molar-refractivity contribution in [1.29, 1.82) is 5.26 Å². The number of nitrogens with zero attached hydrogens (tertiary/aromatic N) is 2. The molecular weight excluding hydrogens is 357 g/mol. The average Bonchev–Trinajstić information content (AvgIpc) is 2.67. The number of nitriles is 1. The third-order valence-corrected chi connectivity index (χ3v) is 3.49. The van der Waals surface area contributed by atoms with Gasteiger partial charge in [0, 0.05) is 12.1 Å². The van der Waals surface area contributed by atoms with E-state index in [2.05, 4.69) is 5.32 Å². The molecule has 0 bridgehead atoms. The fourth-order valence-electron chi connectivity index (χ4n) is 2.17. The summed E-state index contributed by atoms with van der Waals surface area (Å²) in [6.45, 7) is 0. The van der Waals surface area contributed by atoms with Gasteiger partial charge in [-0.15, -0.1) is 0 Å². The van der Waals surface area contributed by atoms with Gasteiger partial charge in [-0.05, 0) is 29.8 Å². The number of nitro groups is 1. The second-order valence-corrected chi connectivity index (χ2v) is 5.16. The van der Waals surface area contributed by atoms with E-state index in [9.17, 15) is 24.6 Å². The van der Waals surface area contributed by atoms with Gasteiger partial charge in [-0.3, -0.25) is 14.9 Å². The highest BCUT2D eigenvalue weighted by Gasteiger charge is 2.16. The molecule has 0 unspecified atom stereocenters. The summed E-state index contributed by atoms with van der Waals surface area (Å²) >= 11 is 0. The molecule has 0 saturated heterocycles. The Balaban J connectivity index is 2.31. The number of non-ortho nitro benzene ring substituents is 1. The molecule has 0 atom stereocenters. The van der Waals surface area contributed by atoms with Crippen molar-refractivity contribution < 1.29 is 23.6 Å². The maximum atomic E-state index is 13.8. The third-order valence-electron chi connectivity index (χ3n) is 3.49. The molecule has 0 saturated carbocycles. The van der Waals surface area contributed by atoms with Crippen molar-refractivity contribution in [2.24, 2.45) is 0 Å². The summed E-state index contributed by atoms with van der Waals surface area (Å²) in [6, 6.07) is 9.16. The molecule has 2 aromatic rings. The predicted octanol–water partition coefficient (Wildman–Crippen LogP) is 3.30.